The molecule has 0 saturated carbocycles. The quantitative estimate of drug-likeness (QED) is 0.798. The summed E-state index contributed by atoms with van der Waals surface area (Å²) in [5.41, 5.74) is 7.86. The van der Waals surface area contributed by atoms with Crippen molar-refractivity contribution >= 4 is 39.9 Å². The molecule has 0 saturated heterocycles. The molecule has 0 spiro atoms. The highest BCUT2D eigenvalue weighted by Crippen LogP contribution is 2.30. The number of nitrogens with zero attached hydrogens (tertiary/aromatic N) is 3. The van der Waals surface area contributed by atoms with Crippen LogP contribution in [-0.2, 0) is 6.42 Å². The van der Waals surface area contributed by atoms with Crippen molar-refractivity contribution in [3.63, 3.8) is 0 Å². The number of nitrogen functional groups attached to an aromatic ring is 1. The molecule has 0 radical (unpaired) electrons. The number of halogens is 1. The van der Waals surface area contributed by atoms with E-state index in [0.29, 0.717) is 11.0 Å². The summed E-state index contributed by atoms with van der Waals surface area (Å²) in [5, 5.41) is 1.71. The first kappa shape index (κ1) is 13.4. The Hall–Kier alpha value is -1.59. The van der Waals surface area contributed by atoms with Gasteiger partial charge in [-0.15, -0.1) is 11.3 Å². The largest absolute Gasteiger partial charge is 0.369 e. The fraction of sp³-hybridized carbons (Fsp3) is 0.286. The monoisotopic (exact) mass is 306 g/mol. The number of anilines is 1. The summed E-state index contributed by atoms with van der Waals surface area (Å²) in [6.07, 6.45) is 2.93. The van der Waals surface area contributed by atoms with Gasteiger partial charge in [-0.25, -0.2) is 9.97 Å². The molecule has 6 heteroatoms. The molecule has 4 nitrogen and oxygen atoms in total. The molecule has 2 aromatic heterocycles. The maximum absolute atomic E-state index is 6.07. The van der Waals surface area contributed by atoms with Crippen LogP contribution in [0.4, 0.5) is 5.95 Å². The number of fused-ring (bicyclic) bond motifs is 1. The Balaban J connectivity index is 2.11. The summed E-state index contributed by atoms with van der Waals surface area (Å²) in [7, 11) is 0. The van der Waals surface area contributed by atoms with Crippen molar-refractivity contribution in [1.29, 1.82) is 0 Å². The van der Waals surface area contributed by atoms with E-state index in [0.717, 1.165) is 22.5 Å². The van der Waals surface area contributed by atoms with Crippen LogP contribution in [0.25, 0.3) is 11.0 Å². The molecule has 0 aliphatic carbocycles. The summed E-state index contributed by atoms with van der Waals surface area (Å²) in [4.78, 5) is 10.2. The Morgan fingerprint density at radius 3 is 2.95 bits per heavy atom. The second kappa shape index (κ2) is 5.07. The van der Waals surface area contributed by atoms with Gasteiger partial charge in [0, 0.05) is 16.1 Å². The third-order valence-electron chi connectivity index (χ3n) is 3.34. The van der Waals surface area contributed by atoms with Crippen LogP contribution in [0.2, 0.25) is 5.02 Å². The van der Waals surface area contributed by atoms with Crippen molar-refractivity contribution < 1.29 is 0 Å². The first-order chi connectivity index (χ1) is 9.60. The van der Waals surface area contributed by atoms with Crippen LogP contribution in [0, 0.1) is 0 Å². The van der Waals surface area contributed by atoms with Gasteiger partial charge in [0.25, 0.3) is 0 Å². The van der Waals surface area contributed by atoms with Crippen LogP contribution in [-0.4, -0.2) is 14.5 Å². The number of aromatic nitrogens is 3. The van der Waals surface area contributed by atoms with Crippen molar-refractivity contribution in [2.45, 2.75) is 26.3 Å². The standard InChI is InChI=1S/C14H15ClN4S/c1-3-10-7-17-13(20-10)8(2)19-12-5-4-9(15)6-11(12)18-14(19)16/h4-8H,3H2,1-2H3,(H2,16,18). The first-order valence-electron chi connectivity index (χ1n) is 6.47. The predicted octanol–water partition coefficient (Wildman–Crippen LogP) is 3.90. The third-order valence-corrected chi connectivity index (χ3v) is 4.89. The second-order valence-electron chi connectivity index (χ2n) is 4.67. The van der Waals surface area contributed by atoms with Gasteiger partial charge in [0.2, 0.25) is 5.95 Å². The van der Waals surface area contributed by atoms with Crippen LogP contribution >= 0.6 is 22.9 Å². The Bertz CT molecular complexity index is 762. The minimum Gasteiger partial charge on any atom is -0.369 e. The van der Waals surface area contributed by atoms with Crippen LogP contribution in [0.1, 0.15) is 29.8 Å². The van der Waals surface area contributed by atoms with Gasteiger partial charge in [0.1, 0.15) is 5.01 Å². The average molecular weight is 307 g/mol. The number of benzene rings is 1. The molecule has 104 valence electrons. The van der Waals surface area contributed by atoms with E-state index < -0.39 is 0 Å². The zero-order valence-electron chi connectivity index (χ0n) is 11.3. The topological polar surface area (TPSA) is 56.7 Å². The van der Waals surface area contributed by atoms with E-state index in [1.807, 2.05) is 29.0 Å². The SMILES string of the molecule is CCc1cnc(C(C)n2c(N)nc3cc(Cl)ccc32)s1. The number of hydrogen-bond donors (Lipinski definition) is 1. The fourth-order valence-corrected chi connectivity index (χ4v) is 3.35. The van der Waals surface area contributed by atoms with Crippen molar-refractivity contribution in [1.82, 2.24) is 14.5 Å². The molecule has 0 bridgehead atoms. The van der Waals surface area contributed by atoms with E-state index in [9.17, 15) is 0 Å². The number of hydrogen-bond acceptors (Lipinski definition) is 4. The van der Waals surface area contributed by atoms with E-state index in [1.54, 1.807) is 11.3 Å². The van der Waals surface area contributed by atoms with Crippen LogP contribution in [0.15, 0.2) is 24.4 Å². The normalized spacial score (nSPS) is 12.9. The number of nitrogens with two attached hydrogens (primary N) is 1. The zero-order chi connectivity index (χ0) is 14.3. The molecule has 3 aromatic rings. The highest BCUT2D eigenvalue weighted by molar-refractivity contribution is 7.11. The summed E-state index contributed by atoms with van der Waals surface area (Å²) >= 11 is 7.72. The zero-order valence-corrected chi connectivity index (χ0v) is 12.9. The lowest BCUT2D eigenvalue weighted by Gasteiger charge is -2.13. The Kier molecular flexibility index (Phi) is 3.40. The van der Waals surface area contributed by atoms with Crippen LogP contribution in [0.5, 0.6) is 0 Å². The first-order valence-corrected chi connectivity index (χ1v) is 7.67. The molecule has 20 heavy (non-hydrogen) atoms. The predicted molar refractivity (Wildman–Crippen MR) is 84.5 cm³/mol. The third kappa shape index (κ3) is 2.17. The van der Waals surface area contributed by atoms with Gasteiger partial charge < -0.3 is 10.3 Å². The van der Waals surface area contributed by atoms with Crippen molar-refractivity contribution in [2.24, 2.45) is 0 Å². The number of aryl methyl sites for hydroxylation is 1. The highest BCUT2D eigenvalue weighted by atomic mass is 35.5. The molecule has 0 amide bonds. The summed E-state index contributed by atoms with van der Waals surface area (Å²) < 4.78 is 2.00. The van der Waals surface area contributed by atoms with Crippen LogP contribution < -0.4 is 5.73 Å². The van der Waals surface area contributed by atoms with Gasteiger partial charge in [0.15, 0.2) is 0 Å². The molecule has 0 aliphatic heterocycles. The summed E-state index contributed by atoms with van der Waals surface area (Å²) in [6, 6.07) is 5.70. The molecular formula is C14H15ClN4S. The molecule has 0 aliphatic rings. The Morgan fingerprint density at radius 1 is 1.45 bits per heavy atom. The molecule has 0 fully saturated rings. The number of imidazole rings is 1. The van der Waals surface area contributed by atoms with E-state index in [1.165, 1.54) is 4.88 Å². The van der Waals surface area contributed by atoms with E-state index >= 15 is 0 Å². The second-order valence-corrected chi connectivity index (χ2v) is 6.25. The van der Waals surface area contributed by atoms with E-state index in [-0.39, 0.29) is 6.04 Å². The van der Waals surface area contributed by atoms with E-state index in [4.69, 9.17) is 17.3 Å². The summed E-state index contributed by atoms with van der Waals surface area (Å²) in [6.45, 7) is 4.22. The van der Waals surface area contributed by atoms with Gasteiger partial charge in [-0.2, -0.15) is 0 Å². The van der Waals surface area contributed by atoms with Crippen molar-refractivity contribution in [3.8, 4) is 0 Å². The Labute approximate surface area is 126 Å². The van der Waals surface area contributed by atoms with Gasteiger partial charge >= 0.3 is 0 Å². The molecule has 1 atom stereocenters. The smallest absolute Gasteiger partial charge is 0.201 e. The molecule has 2 N–H and O–H groups in total. The van der Waals surface area contributed by atoms with Crippen molar-refractivity contribution in [2.75, 3.05) is 5.73 Å². The number of thiazole rings is 1. The van der Waals surface area contributed by atoms with Gasteiger partial charge in [-0.1, -0.05) is 18.5 Å². The molecule has 3 rings (SSSR count). The highest BCUT2D eigenvalue weighted by Gasteiger charge is 2.18. The molecule has 1 aromatic carbocycles. The lowest BCUT2D eigenvalue weighted by atomic mass is 10.3. The van der Waals surface area contributed by atoms with E-state index in [2.05, 4.69) is 23.8 Å². The maximum atomic E-state index is 6.07. The minimum atomic E-state index is 0.0616. The lowest BCUT2D eigenvalue weighted by molar-refractivity contribution is 0.662. The van der Waals surface area contributed by atoms with Gasteiger partial charge in [0.05, 0.1) is 17.1 Å². The lowest BCUT2D eigenvalue weighted by Crippen LogP contribution is -2.09. The summed E-state index contributed by atoms with van der Waals surface area (Å²) in [5.74, 6) is 0.489. The van der Waals surface area contributed by atoms with Gasteiger partial charge in [-0.3, -0.25) is 0 Å². The minimum absolute atomic E-state index is 0.0616. The van der Waals surface area contributed by atoms with Gasteiger partial charge in [-0.05, 0) is 31.5 Å². The molecule has 2 heterocycles. The molecular weight excluding hydrogens is 292 g/mol. The fourth-order valence-electron chi connectivity index (χ4n) is 2.29. The van der Waals surface area contributed by atoms with Crippen LogP contribution in [0.3, 0.4) is 0 Å². The maximum Gasteiger partial charge on any atom is 0.201 e. The average Bonchev–Trinajstić information content (AvgIpc) is 3.01. The van der Waals surface area contributed by atoms with Crippen molar-refractivity contribution in [3.05, 3.63) is 39.3 Å². The number of rotatable bonds is 3. The Morgan fingerprint density at radius 2 is 2.25 bits per heavy atom. The molecule has 1 unspecified atom stereocenters.